The smallest absolute Gasteiger partial charge is 0.257 e. The average molecular weight is 661 g/mol. The Hall–Kier alpha value is -5.03. The Morgan fingerprint density at radius 3 is 2.73 bits per heavy atom. The largest absolute Gasteiger partial charge is 0.421 e. The van der Waals surface area contributed by atoms with Crippen LogP contribution in [0.15, 0.2) is 65.2 Å². The molecule has 9 rings (SSSR count). The lowest BCUT2D eigenvalue weighted by atomic mass is 9.93. The van der Waals surface area contributed by atoms with E-state index in [-0.39, 0.29) is 29.6 Å². The number of benzene rings is 2. The molecule has 0 radical (unpaired) electrons. The highest BCUT2D eigenvalue weighted by Crippen LogP contribution is 2.50. The number of hydrogen-bond donors (Lipinski definition) is 1. The van der Waals surface area contributed by atoms with Crippen LogP contribution >= 0.6 is 11.3 Å². The van der Waals surface area contributed by atoms with Crippen molar-refractivity contribution in [1.29, 1.82) is 0 Å². The third-order valence-electron chi connectivity index (χ3n) is 9.85. The van der Waals surface area contributed by atoms with Gasteiger partial charge in [0.15, 0.2) is 0 Å². The van der Waals surface area contributed by atoms with Gasteiger partial charge in [-0.1, -0.05) is 24.3 Å². The van der Waals surface area contributed by atoms with Crippen LogP contribution in [0.5, 0.6) is 0 Å². The third kappa shape index (κ3) is 4.70. The van der Waals surface area contributed by atoms with Gasteiger partial charge in [-0.2, -0.15) is 0 Å². The highest BCUT2D eigenvalue weighted by Gasteiger charge is 2.45. The molecule has 1 amide bonds. The van der Waals surface area contributed by atoms with Crippen LogP contribution in [-0.4, -0.2) is 37.5 Å². The molecule has 2 aliphatic heterocycles. The molecule has 1 fully saturated rings. The van der Waals surface area contributed by atoms with Gasteiger partial charge in [0.1, 0.15) is 17.5 Å². The predicted octanol–water partition coefficient (Wildman–Crippen LogP) is 8.17. The number of anilines is 1. The molecule has 240 valence electrons. The van der Waals surface area contributed by atoms with E-state index < -0.39 is 0 Å². The van der Waals surface area contributed by atoms with Gasteiger partial charge in [-0.3, -0.25) is 9.78 Å². The summed E-state index contributed by atoms with van der Waals surface area (Å²) in [6, 6.07) is 15.7. The van der Waals surface area contributed by atoms with Crippen LogP contribution in [0.25, 0.3) is 32.0 Å². The Morgan fingerprint density at radius 1 is 1.02 bits per heavy atom. The zero-order valence-electron chi connectivity index (χ0n) is 26.1. The number of aryl methyl sites for hydroxylation is 3. The molecular weight excluding hydrogens is 631 g/mol. The maximum Gasteiger partial charge on any atom is 0.257 e. The van der Waals surface area contributed by atoms with E-state index in [1.165, 1.54) is 18.2 Å². The molecule has 1 N–H and O–H groups in total. The molecule has 48 heavy (non-hydrogen) atoms. The molecule has 4 aromatic heterocycles. The van der Waals surface area contributed by atoms with Gasteiger partial charge >= 0.3 is 0 Å². The number of halogens is 2. The van der Waals surface area contributed by atoms with Crippen molar-refractivity contribution >= 4 is 33.1 Å². The third-order valence-corrected chi connectivity index (χ3v) is 11.0. The monoisotopic (exact) mass is 660 g/mol. The summed E-state index contributed by atoms with van der Waals surface area (Å²) in [6.45, 7) is 2.43. The number of amides is 1. The van der Waals surface area contributed by atoms with Gasteiger partial charge in [0.25, 0.3) is 5.91 Å². The summed E-state index contributed by atoms with van der Waals surface area (Å²) >= 11 is 1.55. The van der Waals surface area contributed by atoms with E-state index in [2.05, 4.69) is 21.6 Å². The van der Waals surface area contributed by atoms with Gasteiger partial charge in [0, 0.05) is 30.1 Å². The fourth-order valence-corrected chi connectivity index (χ4v) is 8.80. The number of nitrogens with one attached hydrogen (secondary N) is 1. The molecule has 11 heteroatoms. The van der Waals surface area contributed by atoms with Crippen LogP contribution in [0.1, 0.15) is 75.7 Å². The summed E-state index contributed by atoms with van der Waals surface area (Å²) in [4.78, 5) is 26.9. The van der Waals surface area contributed by atoms with Crippen LogP contribution in [0.4, 0.5) is 14.6 Å². The van der Waals surface area contributed by atoms with Gasteiger partial charge in [0.05, 0.1) is 39.3 Å². The number of aromatic nitrogens is 4. The number of hydrogen-bond acceptors (Lipinski definition) is 8. The van der Waals surface area contributed by atoms with Crippen molar-refractivity contribution in [2.24, 2.45) is 0 Å². The zero-order valence-corrected chi connectivity index (χ0v) is 26.9. The summed E-state index contributed by atoms with van der Waals surface area (Å²) < 4.78 is 35.3. The van der Waals surface area contributed by atoms with Crippen molar-refractivity contribution in [3.63, 3.8) is 0 Å². The molecule has 2 aromatic carbocycles. The normalized spacial score (nSPS) is 18.1. The van der Waals surface area contributed by atoms with Crippen LogP contribution in [0.2, 0.25) is 0 Å². The van der Waals surface area contributed by atoms with E-state index in [9.17, 15) is 13.6 Å². The van der Waals surface area contributed by atoms with Gasteiger partial charge < -0.3 is 14.6 Å². The van der Waals surface area contributed by atoms with Crippen molar-refractivity contribution in [3.8, 4) is 21.9 Å². The molecular formula is C37H30F2N6O2S. The van der Waals surface area contributed by atoms with E-state index in [1.807, 2.05) is 17.0 Å². The molecule has 2 atom stereocenters. The molecule has 0 saturated carbocycles. The van der Waals surface area contributed by atoms with Crippen LogP contribution in [0, 0.1) is 18.6 Å². The standard InChI is InChI=1S/C37H30F2N6O2S/c1-19-43-44-36(47-19)30-27(13-9-20-7-10-22(38)11-8-20)41-33-28-6-3-17-45(28)37(46)32(33)31(30)29-18-21-15-16-40-35(34(21)48-29)42-26-14-12-23-24(26)4-2-5-25(23)39/h2,4-5,7-8,10-11,15-16,18,26,28H,3,6,9,12-14,17H2,1H3,(H,40,42)/t26?,28-/m0/s1. The molecule has 6 aromatic rings. The van der Waals surface area contributed by atoms with Crippen LogP contribution < -0.4 is 5.32 Å². The van der Waals surface area contributed by atoms with E-state index in [1.54, 1.807) is 42.7 Å². The molecule has 1 saturated heterocycles. The molecule has 0 bridgehead atoms. The van der Waals surface area contributed by atoms with Crippen molar-refractivity contribution in [1.82, 2.24) is 25.1 Å². The summed E-state index contributed by atoms with van der Waals surface area (Å²) in [5.74, 6) is 0.956. The zero-order chi connectivity index (χ0) is 32.5. The van der Waals surface area contributed by atoms with Crippen molar-refractivity contribution in [3.05, 3.63) is 112 Å². The summed E-state index contributed by atoms with van der Waals surface area (Å²) in [5.41, 5.74) is 6.24. The number of pyridine rings is 2. The molecule has 3 aliphatic rings. The minimum atomic E-state index is -0.282. The number of carbonyl (C=O) groups excluding carboxylic acids is 1. The second-order valence-corrected chi connectivity index (χ2v) is 13.8. The molecule has 8 nitrogen and oxygen atoms in total. The summed E-state index contributed by atoms with van der Waals surface area (Å²) in [6.07, 6.45) is 6.14. The number of thiophene rings is 1. The second-order valence-electron chi connectivity index (χ2n) is 12.7. The van der Waals surface area contributed by atoms with Gasteiger partial charge in [-0.25, -0.2) is 13.8 Å². The van der Waals surface area contributed by atoms with Gasteiger partial charge in [0.2, 0.25) is 11.8 Å². The quantitative estimate of drug-likeness (QED) is 0.185. The highest BCUT2D eigenvalue weighted by atomic mass is 32.1. The first-order valence-electron chi connectivity index (χ1n) is 16.3. The lowest BCUT2D eigenvalue weighted by Crippen LogP contribution is -2.22. The van der Waals surface area contributed by atoms with Crippen molar-refractivity contribution in [2.75, 3.05) is 11.9 Å². The SMILES string of the molecule is Cc1nnc(-c2c(CCc3ccc(F)cc3)nc3c(c2-c2cc4ccnc(NC5CCc6c(F)cccc65)c4s2)C(=O)N2CCC[C@@H]32)o1. The molecule has 1 unspecified atom stereocenters. The van der Waals surface area contributed by atoms with E-state index in [4.69, 9.17) is 14.4 Å². The number of rotatable bonds is 7. The predicted molar refractivity (Wildman–Crippen MR) is 179 cm³/mol. The highest BCUT2D eigenvalue weighted by molar-refractivity contribution is 7.23. The molecule has 0 spiro atoms. The fourth-order valence-electron chi connectivity index (χ4n) is 7.63. The molecule has 1 aliphatic carbocycles. The maximum atomic E-state index is 14.5. The van der Waals surface area contributed by atoms with E-state index >= 15 is 0 Å². The number of nitrogens with zero attached hydrogens (tertiary/aromatic N) is 5. The lowest BCUT2D eigenvalue weighted by molar-refractivity contribution is 0.0776. The minimum Gasteiger partial charge on any atom is -0.421 e. The average Bonchev–Trinajstić information content (AvgIpc) is 3.92. The topological polar surface area (TPSA) is 97.0 Å². The first kappa shape index (κ1) is 29.1. The molecule has 6 heterocycles. The lowest BCUT2D eigenvalue weighted by Gasteiger charge is -2.16. The van der Waals surface area contributed by atoms with Crippen molar-refractivity contribution in [2.45, 2.75) is 57.5 Å². The van der Waals surface area contributed by atoms with Crippen molar-refractivity contribution < 1.29 is 18.0 Å². The Morgan fingerprint density at radius 2 is 1.90 bits per heavy atom. The fraction of sp³-hybridized carbons (Fsp3) is 0.270. The second kappa shape index (κ2) is 11.3. The van der Waals surface area contributed by atoms with Crippen LogP contribution in [0.3, 0.4) is 0 Å². The Labute approximate surface area is 278 Å². The minimum absolute atomic E-state index is 0.0314. The first-order chi connectivity index (χ1) is 23.4. The number of carbonyl (C=O) groups is 1. The Bertz CT molecular complexity index is 2250. The Kier molecular flexibility index (Phi) is 6.86. The van der Waals surface area contributed by atoms with E-state index in [0.29, 0.717) is 48.7 Å². The maximum absolute atomic E-state index is 14.5. The summed E-state index contributed by atoms with van der Waals surface area (Å²) in [5, 5.41) is 13.2. The number of fused-ring (bicyclic) bond motifs is 5. The van der Waals surface area contributed by atoms with Gasteiger partial charge in [-0.05, 0) is 90.9 Å². The Balaban J connectivity index is 1.21. The van der Waals surface area contributed by atoms with Crippen LogP contribution in [-0.2, 0) is 19.3 Å². The first-order valence-corrected chi connectivity index (χ1v) is 17.1. The van der Waals surface area contributed by atoms with E-state index in [0.717, 1.165) is 73.7 Å². The van der Waals surface area contributed by atoms with Gasteiger partial charge in [-0.15, -0.1) is 21.5 Å². The summed E-state index contributed by atoms with van der Waals surface area (Å²) in [7, 11) is 0.